The Morgan fingerprint density at radius 1 is 0.966 bits per heavy atom. The number of unbranched alkanes of at least 4 members (excludes halogenated alkanes) is 9. The summed E-state index contributed by atoms with van der Waals surface area (Å²) in [6.45, 7) is 19.1. The molecule has 0 spiro atoms. The highest BCUT2D eigenvalue weighted by atomic mass is 16.5. The van der Waals surface area contributed by atoms with Crippen LogP contribution in [0.5, 0.6) is 0 Å². The maximum absolute atomic E-state index is 5.53. The second kappa shape index (κ2) is 16.6. The third kappa shape index (κ3) is 11.6. The van der Waals surface area contributed by atoms with Crippen LogP contribution >= 0.6 is 0 Å². The van der Waals surface area contributed by atoms with Crippen molar-refractivity contribution in [3.05, 3.63) is 35.3 Å². The Hall–Kier alpha value is -1.18. The fourth-order valence-corrected chi connectivity index (χ4v) is 4.39. The van der Waals surface area contributed by atoms with E-state index in [1.54, 1.807) is 0 Å². The molecule has 2 nitrogen and oxygen atoms in total. The predicted molar refractivity (Wildman–Crippen MR) is 131 cm³/mol. The monoisotopic (exact) mass is 405 g/mol. The minimum absolute atomic E-state index is 0.0102. The third-order valence-electron chi connectivity index (χ3n) is 6.30. The Bertz CT molecular complexity index is 493. The van der Waals surface area contributed by atoms with Crippen LogP contribution in [0.15, 0.2) is 35.3 Å². The van der Waals surface area contributed by atoms with E-state index in [-0.39, 0.29) is 12.0 Å². The molecule has 29 heavy (non-hydrogen) atoms. The zero-order valence-corrected chi connectivity index (χ0v) is 20.8. The van der Waals surface area contributed by atoms with Gasteiger partial charge >= 0.3 is 0 Å². The molecule has 170 valence electrons. The molecule has 1 rings (SSSR count). The van der Waals surface area contributed by atoms with Gasteiger partial charge in [0.25, 0.3) is 0 Å². The Morgan fingerprint density at radius 2 is 1.41 bits per heavy atom. The first-order valence-electron chi connectivity index (χ1n) is 12.3. The third-order valence-corrected chi connectivity index (χ3v) is 6.30. The summed E-state index contributed by atoms with van der Waals surface area (Å²) in [7, 11) is 0. The largest absolute Gasteiger partial charge is 0.472 e. The zero-order chi connectivity index (χ0) is 22.2. The summed E-state index contributed by atoms with van der Waals surface area (Å²) in [4.78, 5) is 0. The number of ether oxygens (including phenoxy) is 1. The molecule has 0 bridgehead atoms. The molecule has 0 radical (unpaired) electrons. The molecule has 1 aliphatic carbocycles. The molecular formula is C27H51NO. The fourth-order valence-electron chi connectivity index (χ4n) is 4.39. The molecule has 3 unspecified atom stereocenters. The lowest BCUT2D eigenvalue weighted by atomic mass is 9.76. The van der Waals surface area contributed by atoms with Crippen molar-refractivity contribution in [3.8, 4) is 0 Å². The van der Waals surface area contributed by atoms with Crippen LogP contribution in [-0.2, 0) is 4.74 Å². The van der Waals surface area contributed by atoms with E-state index in [0.29, 0.717) is 11.8 Å². The normalized spacial score (nSPS) is 19.9. The lowest BCUT2D eigenvalue weighted by Crippen LogP contribution is -2.24. The summed E-state index contributed by atoms with van der Waals surface area (Å²) in [6, 6.07) is 0. The minimum Gasteiger partial charge on any atom is -0.472 e. The van der Waals surface area contributed by atoms with Crippen LogP contribution in [-0.4, -0.2) is 6.10 Å². The summed E-state index contributed by atoms with van der Waals surface area (Å²) in [5.41, 5.74) is 9.55. The Morgan fingerprint density at radius 3 is 1.79 bits per heavy atom. The van der Waals surface area contributed by atoms with E-state index in [2.05, 4.69) is 54.2 Å². The van der Waals surface area contributed by atoms with Crippen molar-refractivity contribution in [2.45, 2.75) is 125 Å². The molecular weight excluding hydrogens is 354 g/mol. The van der Waals surface area contributed by atoms with Crippen molar-refractivity contribution in [2.75, 3.05) is 0 Å². The topological polar surface area (TPSA) is 35.2 Å². The Balaban J connectivity index is 0.000000578. The van der Waals surface area contributed by atoms with Crippen LogP contribution in [0.2, 0.25) is 0 Å². The maximum atomic E-state index is 5.53. The van der Waals surface area contributed by atoms with Gasteiger partial charge in [-0.1, -0.05) is 104 Å². The molecule has 0 saturated heterocycles. The van der Waals surface area contributed by atoms with Crippen LogP contribution < -0.4 is 5.73 Å². The number of allylic oxidation sites excluding steroid dienone is 2. The molecule has 0 aliphatic heterocycles. The SMILES string of the molecule is C=C(N)OC(C)C1=C(C)C(C)C(CC)C=C1C.CCCCCCCCCCCC. The Kier molecular flexibility index (Phi) is 15.9. The van der Waals surface area contributed by atoms with Crippen LogP contribution in [0.3, 0.4) is 0 Å². The van der Waals surface area contributed by atoms with Gasteiger partial charge in [0.05, 0.1) is 0 Å². The maximum Gasteiger partial charge on any atom is 0.177 e. The standard InChI is InChI=1S/C15H25NO.C12H26/c1-7-14-8-9(2)15(11(4)10(14)3)12(5)17-13(6)16;1-3-5-7-9-11-12-10-8-6-4-2/h8,10,12,14H,6-7,16H2,1-5H3;3-12H2,1-2H3. The van der Waals surface area contributed by atoms with Gasteiger partial charge in [0.1, 0.15) is 6.10 Å². The molecule has 0 fully saturated rings. The van der Waals surface area contributed by atoms with Crippen molar-refractivity contribution in [3.63, 3.8) is 0 Å². The van der Waals surface area contributed by atoms with E-state index in [9.17, 15) is 0 Å². The second-order valence-corrected chi connectivity index (χ2v) is 8.86. The van der Waals surface area contributed by atoms with Gasteiger partial charge in [0.15, 0.2) is 5.88 Å². The molecule has 0 aromatic carbocycles. The summed E-state index contributed by atoms with van der Waals surface area (Å²) < 4.78 is 5.53. The highest BCUT2D eigenvalue weighted by Crippen LogP contribution is 2.37. The first-order chi connectivity index (χ1) is 13.8. The smallest absolute Gasteiger partial charge is 0.177 e. The van der Waals surface area contributed by atoms with Crippen molar-refractivity contribution in [2.24, 2.45) is 17.6 Å². The summed E-state index contributed by atoms with van der Waals surface area (Å²) in [5, 5.41) is 0. The fraction of sp³-hybridized carbons (Fsp3) is 0.778. The number of rotatable bonds is 13. The first-order valence-corrected chi connectivity index (χ1v) is 12.3. The van der Waals surface area contributed by atoms with E-state index in [1.165, 1.54) is 87.3 Å². The minimum atomic E-state index is -0.0102. The van der Waals surface area contributed by atoms with Gasteiger partial charge in [0.2, 0.25) is 0 Å². The summed E-state index contributed by atoms with van der Waals surface area (Å²) in [6.07, 6.45) is 18.0. The first kappa shape index (κ1) is 27.8. The van der Waals surface area contributed by atoms with Gasteiger partial charge in [-0.25, -0.2) is 0 Å². The van der Waals surface area contributed by atoms with E-state index in [4.69, 9.17) is 10.5 Å². The van der Waals surface area contributed by atoms with E-state index < -0.39 is 0 Å². The number of nitrogens with two attached hydrogens (primary N) is 1. The lowest BCUT2D eigenvalue weighted by molar-refractivity contribution is 0.158. The van der Waals surface area contributed by atoms with Gasteiger partial charge in [-0.15, -0.1) is 0 Å². The molecule has 0 heterocycles. The second-order valence-electron chi connectivity index (χ2n) is 8.86. The van der Waals surface area contributed by atoms with Gasteiger partial charge in [-0.05, 0) is 56.8 Å². The molecule has 0 aromatic rings. The molecule has 2 N–H and O–H groups in total. The van der Waals surface area contributed by atoms with Crippen LogP contribution in [0.1, 0.15) is 119 Å². The lowest BCUT2D eigenvalue weighted by Gasteiger charge is -2.32. The van der Waals surface area contributed by atoms with Gasteiger partial charge in [-0.2, -0.15) is 0 Å². The van der Waals surface area contributed by atoms with Gasteiger partial charge < -0.3 is 10.5 Å². The molecule has 0 aromatic heterocycles. The molecule has 0 saturated carbocycles. The predicted octanol–water partition coefficient (Wildman–Crippen LogP) is 8.69. The Labute approximate surface area is 183 Å². The van der Waals surface area contributed by atoms with E-state index in [1.807, 2.05) is 6.92 Å². The number of hydrogen-bond donors (Lipinski definition) is 1. The molecule has 0 amide bonds. The molecule has 2 heteroatoms. The average molecular weight is 406 g/mol. The van der Waals surface area contributed by atoms with Gasteiger partial charge in [-0.3, -0.25) is 0 Å². The van der Waals surface area contributed by atoms with Crippen molar-refractivity contribution in [1.82, 2.24) is 0 Å². The quantitative estimate of drug-likeness (QED) is 0.245. The zero-order valence-electron chi connectivity index (χ0n) is 20.8. The summed E-state index contributed by atoms with van der Waals surface area (Å²) in [5.74, 6) is 1.51. The van der Waals surface area contributed by atoms with Crippen molar-refractivity contribution in [1.29, 1.82) is 0 Å². The highest BCUT2D eigenvalue weighted by Gasteiger charge is 2.26. The van der Waals surface area contributed by atoms with E-state index in [0.717, 1.165) is 0 Å². The van der Waals surface area contributed by atoms with Crippen molar-refractivity contribution >= 4 is 0 Å². The van der Waals surface area contributed by atoms with Gasteiger partial charge in [0, 0.05) is 0 Å². The van der Waals surface area contributed by atoms with Crippen LogP contribution in [0, 0.1) is 11.8 Å². The van der Waals surface area contributed by atoms with Crippen molar-refractivity contribution < 1.29 is 4.74 Å². The molecule has 1 aliphatic rings. The number of hydrogen-bond acceptors (Lipinski definition) is 2. The van der Waals surface area contributed by atoms with Crippen LogP contribution in [0.4, 0.5) is 0 Å². The van der Waals surface area contributed by atoms with E-state index >= 15 is 0 Å². The van der Waals surface area contributed by atoms with Crippen LogP contribution in [0.25, 0.3) is 0 Å². The highest BCUT2D eigenvalue weighted by molar-refractivity contribution is 5.41. The molecule has 3 atom stereocenters. The average Bonchev–Trinajstić information content (AvgIpc) is 2.67. The summed E-state index contributed by atoms with van der Waals surface area (Å²) >= 11 is 0.